The van der Waals surface area contributed by atoms with Crippen molar-refractivity contribution in [3.63, 3.8) is 0 Å². The lowest BCUT2D eigenvalue weighted by atomic mass is 9.95. The molecule has 1 unspecified atom stereocenters. The fraction of sp³-hybridized carbons (Fsp3) is 0.379. The number of benzene rings is 1. The largest absolute Gasteiger partial charge is 0.393 e. The summed E-state index contributed by atoms with van der Waals surface area (Å²) in [6, 6.07) is 13.0. The first kappa shape index (κ1) is 24.3. The molecule has 0 amide bonds. The van der Waals surface area contributed by atoms with Crippen LogP contribution in [0.1, 0.15) is 56.3 Å². The maximum Gasteiger partial charge on any atom is 0.150 e. The monoisotopic (exact) mass is 487 g/mol. The number of hydrogen-bond acceptors (Lipinski definition) is 6. The molecule has 188 valence electrons. The number of rotatable bonds is 4. The first-order valence-electron chi connectivity index (χ1n) is 12.9. The number of amidine groups is 1. The van der Waals surface area contributed by atoms with Crippen LogP contribution < -0.4 is 4.90 Å². The number of piperidine rings is 2. The number of aliphatic hydroxyl groups is 1. The summed E-state index contributed by atoms with van der Waals surface area (Å²) in [5.74, 6) is 1.54. The van der Waals surface area contributed by atoms with Gasteiger partial charge in [0.15, 0.2) is 0 Å². The Morgan fingerprint density at radius 2 is 1.86 bits per heavy atom. The predicted molar refractivity (Wildman–Crippen MR) is 143 cm³/mol. The van der Waals surface area contributed by atoms with Gasteiger partial charge in [-0.3, -0.25) is 0 Å². The lowest BCUT2D eigenvalue weighted by molar-refractivity contribution is 0.145. The van der Waals surface area contributed by atoms with Gasteiger partial charge in [-0.2, -0.15) is 0 Å². The van der Waals surface area contributed by atoms with Crippen molar-refractivity contribution in [2.45, 2.75) is 51.2 Å². The van der Waals surface area contributed by atoms with E-state index in [9.17, 15) is 9.50 Å². The highest BCUT2D eigenvalue weighted by Gasteiger charge is 2.29. The molecule has 3 aliphatic rings. The molecule has 5 rings (SSSR count). The van der Waals surface area contributed by atoms with Gasteiger partial charge >= 0.3 is 0 Å². The zero-order valence-corrected chi connectivity index (χ0v) is 20.9. The molecule has 0 saturated carbocycles. The van der Waals surface area contributed by atoms with Gasteiger partial charge in [0.05, 0.1) is 29.2 Å². The molecule has 1 aromatic carbocycles. The van der Waals surface area contributed by atoms with Crippen molar-refractivity contribution in [3.05, 3.63) is 90.0 Å². The second-order valence-electron chi connectivity index (χ2n) is 9.63. The Morgan fingerprint density at radius 3 is 2.64 bits per heavy atom. The molecule has 2 saturated heterocycles. The van der Waals surface area contributed by atoms with Crippen LogP contribution in [0.5, 0.6) is 0 Å². The predicted octanol–water partition coefficient (Wildman–Crippen LogP) is 5.47. The SMILES string of the molecule is C=C1C=CC(N2CCCCC2c2cccc(F)c2)=NN1/C(=C\C)c1cccc(N2CCC(O)CC2)n1. The van der Waals surface area contributed by atoms with Crippen LogP contribution in [0.25, 0.3) is 5.70 Å². The second-order valence-corrected chi connectivity index (χ2v) is 9.63. The molecule has 3 aliphatic heterocycles. The van der Waals surface area contributed by atoms with Crippen molar-refractivity contribution >= 4 is 17.4 Å². The van der Waals surface area contributed by atoms with Gasteiger partial charge in [0.25, 0.3) is 0 Å². The smallest absolute Gasteiger partial charge is 0.150 e. The minimum atomic E-state index is -0.224. The van der Waals surface area contributed by atoms with Crippen molar-refractivity contribution in [3.8, 4) is 0 Å². The summed E-state index contributed by atoms with van der Waals surface area (Å²) < 4.78 is 14.0. The average molecular weight is 488 g/mol. The number of likely N-dealkylation sites (tertiary alicyclic amines) is 1. The number of allylic oxidation sites excluding steroid dienone is 2. The fourth-order valence-corrected chi connectivity index (χ4v) is 5.28. The summed E-state index contributed by atoms with van der Waals surface area (Å²) in [6.45, 7) is 8.67. The molecule has 2 aromatic rings. The number of nitrogens with zero attached hydrogens (tertiary/aromatic N) is 5. The van der Waals surface area contributed by atoms with E-state index in [1.165, 1.54) is 6.07 Å². The van der Waals surface area contributed by atoms with Gasteiger partial charge in [-0.25, -0.2) is 14.4 Å². The Morgan fingerprint density at radius 1 is 1.06 bits per heavy atom. The summed E-state index contributed by atoms with van der Waals surface area (Å²) in [5, 5.41) is 16.8. The molecular weight excluding hydrogens is 453 g/mol. The maximum absolute atomic E-state index is 14.0. The van der Waals surface area contributed by atoms with Crippen LogP contribution in [0.15, 0.2) is 78.1 Å². The molecule has 7 heteroatoms. The van der Waals surface area contributed by atoms with Crippen LogP contribution >= 0.6 is 0 Å². The van der Waals surface area contributed by atoms with E-state index in [0.29, 0.717) is 0 Å². The molecule has 36 heavy (non-hydrogen) atoms. The van der Waals surface area contributed by atoms with Crippen molar-refractivity contribution in [1.82, 2.24) is 14.9 Å². The zero-order valence-electron chi connectivity index (χ0n) is 20.9. The van der Waals surface area contributed by atoms with E-state index in [0.717, 1.165) is 86.0 Å². The van der Waals surface area contributed by atoms with Gasteiger partial charge in [-0.1, -0.05) is 30.9 Å². The van der Waals surface area contributed by atoms with Crippen molar-refractivity contribution in [2.24, 2.45) is 5.10 Å². The zero-order chi connectivity index (χ0) is 25.1. The number of aromatic nitrogens is 1. The fourth-order valence-electron chi connectivity index (χ4n) is 5.28. The first-order chi connectivity index (χ1) is 17.5. The minimum absolute atomic E-state index is 0.0797. The summed E-state index contributed by atoms with van der Waals surface area (Å²) in [4.78, 5) is 9.46. The van der Waals surface area contributed by atoms with Crippen LogP contribution in [-0.2, 0) is 0 Å². The van der Waals surface area contributed by atoms with Crippen molar-refractivity contribution in [2.75, 3.05) is 24.5 Å². The van der Waals surface area contributed by atoms with Gasteiger partial charge in [0.1, 0.15) is 17.5 Å². The topological polar surface area (TPSA) is 55.2 Å². The van der Waals surface area contributed by atoms with Crippen LogP contribution in [0, 0.1) is 5.82 Å². The van der Waals surface area contributed by atoms with E-state index in [1.807, 2.05) is 54.4 Å². The highest BCUT2D eigenvalue weighted by molar-refractivity contribution is 5.95. The van der Waals surface area contributed by atoms with E-state index in [1.54, 1.807) is 12.1 Å². The molecule has 0 radical (unpaired) electrons. The first-order valence-corrected chi connectivity index (χ1v) is 12.9. The van der Waals surface area contributed by atoms with E-state index in [4.69, 9.17) is 10.1 Å². The van der Waals surface area contributed by atoms with Gasteiger partial charge < -0.3 is 14.9 Å². The van der Waals surface area contributed by atoms with Gasteiger partial charge in [0, 0.05) is 19.6 Å². The Balaban J connectivity index is 1.43. The third-order valence-electron chi connectivity index (χ3n) is 7.22. The van der Waals surface area contributed by atoms with Crippen molar-refractivity contribution in [1.29, 1.82) is 0 Å². The van der Waals surface area contributed by atoms with E-state index < -0.39 is 0 Å². The Bertz CT molecular complexity index is 1200. The standard InChI is InChI=1S/C29H34FN5O/c1-3-26(25-10-7-12-28(31-25)33-18-15-24(36)16-19-33)35-21(2)13-14-29(32-35)34-17-5-4-11-27(34)22-8-6-9-23(30)20-22/h3,6-10,12-14,20,24,27,36H,2,4-5,11,15-19H2,1H3/b26-3-. The Kier molecular flexibility index (Phi) is 7.18. The summed E-state index contributed by atoms with van der Waals surface area (Å²) in [7, 11) is 0. The summed E-state index contributed by atoms with van der Waals surface area (Å²) in [6.07, 6.45) is 10.4. The van der Waals surface area contributed by atoms with E-state index in [2.05, 4.69) is 16.4 Å². The lowest BCUT2D eigenvalue weighted by Crippen LogP contribution is -2.40. The maximum atomic E-state index is 14.0. The molecule has 1 aromatic heterocycles. The number of hydrazone groups is 1. The molecule has 1 N–H and O–H groups in total. The quantitative estimate of drug-likeness (QED) is 0.620. The Hall–Kier alpha value is -3.45. The van der Waals surface area contributed by atoms with Gasteiger partial charge in [-0.05, 0) is 81.0 Å². The minimum Gasteiger partial charge on any atom is -0.393 e. The molecule has 1 atom stereocenters. The van der Waals surface area contributed by atoms with Crippen molar-refractivity contribution < 1.29 is 9.50 Å². The number of hydrogen-bond donors (Lipinski definition) is 1. The lowest BCUT2D eigenvalue weighted by Gasteiger charge is -2.39. The third-order valence-corrected chi connectivity index (χ3v) is 7.22. The highest BCUT2D eigenvalue weighted by atomic mass is 19.1. The van der Waals surface area contributed by atoms with E-state index in [-0.39, 0.29) is 18.0 Å². The number of pyridine rings is 1. The molecule has 2 fully saturated rings. The highest BCUT2D eigenvalue weighted by Crippen LogP contribution is 2.34. The number of aliphatic hydroxyl groups excluding tert-OH is 1. The molecule has 4 heterocycles. The summed E-state index contributed by atoms with van der Waals surface area (Å²) in [5.41, 5.74) is 3.43. The normalized spacial score (nSPS) is 21.7. The molecule has 0 spiro atoms. The molecule has 0 aliphatic carbocycles. The molecule has 6 nitrogen and oxygen atoms in total. The Labute approximate surface area is 212 Å². The molecule has 0 bridgehead atoms. The van der Waals surface area contributed by atoms with Crippen LogP contribution in [0.3, 0.4) is 0 Å². The third kappa shape index (κ3) is 5.07. The average Bonchev–Trinajstić information content (AvgIpc) is 2.91. The summed E-state index contributed by atoms with van der Waals surface area (Å²) >= 11 is 0. The van der Waals surface area contributed by atoms with E-state index >= 15 is 0 Å². The number of halogens is 1. The van der Waals surface area contributed by atoms with Crippen LogP contribution in [0.2, 0.25) is 0 Å². The van der Waals surface area contributed by atoms with Gasteiger partial charge in [0.2, 0.25) is 0 Å². The van der Waals surface area contributed by atoms with Gasteiger partial charge in [-0.15, -0.1) is 5.10 Å². The number of anilines is 1. The molecular formula is C29H34FN5O. The second kappa shape index (κ2) is 10.7. The van der Waals surface area contributed by atoms with Crippen LogP contribution in [-0.4, -0.2) is 51.6 Å². The van der Waals surface area contributed by atoms with Crippen LogP contribution in [0.4, 0.5) is 10.2 Å².